The standard InChI is InChI=1S/C12H16N2O4/c15-11(13-6-9-3-5-18-8-9)7-14-4-1-2-10(14)12(16)17/h1-2,4,9H,3,5-8H2,(H,13,15)(H,16,17). The molecule has 6 heteroatoms. The number of hydrogen-bond acceptors (Lipinski definition) is 3. The number of aromatic carboxylic acids is 1. The molecular formula is C12H16N2O4. The summed E-state index contributed by atoms with van der Waals surface area (Å²) in [6, 6.07) is 3.09. The van der Waals surface area contributed by atoms with Gasteiger partial charge in [-0.3, -0.25) is 4.79 Å². The van der Waals surface area contributed by atoms with Gasteiger partial charge in [0.05, 0.1) is 6.61 Å². The van der Waals surface area contributed by atoms with Crippen LogP contribution in [-0.4, -0.2) is 41.3 Å². The lowest BCUT2D eigenvalue weighted by Gasteiger charge is -2.10. The highest BCUT2D eigenvalue weighted by Crippen LogP contribution is 2.10. The van der Waals surface area contributed by atoms with Gasteiger partial charge in [0, 0.05) is 25.3 Å². The number of hydrogen-bond donors (Lipinski definition) is 2. The third-order valence-electron chi connectivity index (χ3n) is 2.97. The number of carboxylic acids is 1. The van der Waals surface area contributed by atoms with Crippen molar-refractivity contribution in [1.29, 1.82) is 0 Å². The smallest absolute Gasteiger partial charge is 0.352 e. The fraction of sp³-hybridized carbons (Fsp3) is 0.500. The number of amides is 1. The van der Waals surface area contributed by atoms with Gasteiger partial charge in [-0.05, 0) is 18.6 Å². The summed E-state index contributed by atoms with van der Waals surface area (Å²) in [4.78, 5) is 22.5. The molecule has 98 valence electrons. The van der Waals surface area contributed by atoms with Crippen molar-refractivity contribution < 1.29 is 19.4 Å². The zero-order valence-electron chi connectivity index (χ0n) is 9.96. The Morgan fingerprint density at radius 2 is 2.39 bits per heavy atom. The molecule has 1 saturated heterocycles. The maximum Gasteiger partial charge on any atom is 0.352 e. The van der Waals surface area contributed by atoms with Crippen LogP contribution in [0.5, 0.6) is 0 Å². The molecule has 1 fully saturated rings. The third kappa shape index (κ3) is 3.10. The van der Waals surface area contributed by atoms with E-state index in [1.54, 1.807) is 12.3 Å². The quantitative estimate of drug-likeness (QED) is 0.791. The van der Waals surface area contributed by atoms with Crippen molar-refractivity contribution in [1.82, 2.24) is 9.88 Å². The van der Waals surface area contributed by atoms with Gasteiger partial charge in [-0.15, -0.1) is 0 Å². The van der Waals surface area contributed by atoms with Gasteiger partial charge < -0.3 is 19.7 Å². The molecule has 2 heterocycles. The first-order valence-corrected chi connectivity index (χ1v) is 5.89. The van der Waals surface area contributed by atoms with Crippen LogP contribution in [0.15, 0.2) is 18.3 Å². The topological polar surface area (TPSA) is 80.6 Å². The predicted octanol–water partition coefficient (Wildman–Crippen LogP) is 0.339. The summed E-state index contributed by atoms with van der Waals surface area (Å²) in [6.07, 6.45) is 2.55. The van der Waals surface area contributed by atoms with Crippen molar-refractivity contribution in [3.05, 3.63) is 24.0 Å². The van der Waals surface area contributed by atoms with Gasteiger partial charge in [0.1, 0.15) is 12.2 Å². The highest BCUT2D eigenvalue weighted by atomic mass is 16.5. The number of carboxylic acid groups (broad SMARTS) is 1. The number of carbonyl (C=O) groups excluding carboxylic acids is 1. The normalized spacial score (nSPS) is 18.8. The Balaban J connectivity index is 1.82. The molecule has 18 heavy (non-hydrogen) atoms. The van der Waals surface area contributed by atoms with Crippen LogP contribution in [0.2, 0.25) is 0 Å². The average molecular weight is 252 g/mol. The highest BCUT2D eigenvalue weighted by Gasteiger charge is 2.17. The summed E-state index contributed by atoms with van der Waals surface area (Å²) in [5.41, 5.74) is 0.120. The second-order valence-corrected chi connectivity index (χ2v) is 4.36. The molecule has 1 aromatic rings. The third-order valence-corrected chi connectivity index (χ3v) is 2.97. The second kappa shape index (κ2) is 5.68. The molecule has 6 nitrogen and oxygen atoms in total. The zero-order chi connectivity index (χ0) is 13.0. The number of nitrogens with one attached hydrogen (secondary N) is 1. The first-order valence-electron chi connectivity index (χ1n) is 5.89. The van der Waals surface area contributed by atoms with E-state index < -0.39 is 5.97 Å². The van der Waals surface area contributed by atoms with Gasteiger partial charge in [0.15, 0.2) is 0 Å². The van der Waals surface area contributed by atoms with E-state index >= 15 is 0 Å². The van der Waals surface area contributed by atoms with Gasteiger partial charge in [0.2, 0.25) is 5.91 Å². The Morgan fingerprint density at radius 1 is 1.56 bits per heavy atom. The first-order chi connectivity index (χ1) is 8.66. The summed E-state index contributed by atoms with van der Waals surface area (Å²) < 4.78 is 6.63. The van der Waals surface area contributed by atoms with Crippen molar-refractivity contribution in [2.24, 2.45) is 5.92 Å². The lowest BCUT2D eigenvalue weighted by Crippen LogP contribution is -2.32. The molecule has 0 saturated carbocycles. The lowest BCUT2D eigenvalue weighted by atomic mass is 10.1. The summed E-state index contributed by atoms with van der Waals surface area (Å²) in [5.74, 6) is -0.838. The maximum absolute atomic E-state index is 11.7. The predicted molar refractivity (Wildman–Crippen MR) is 63.3 cm³/mol. The van der Waals surface area contributed by atoms with Crippen LogP contribution in [0.1, 0.15) is 16.9 Å². The number of rotatable bonds is 5. The fourth-order valence-corrected chi connectivity index (χ4v) is 1.96. The monoisotopic (exact) mass is 252 g/mol. The zero-order valence-corrected chi connectivity index (χ0v) is 9.96. The van der Waals surface area contributed by atoms with Crippen LogP contribution >= 0.6 is 0 Å². The number of carbonyl (C=O) groups is 2. The second-order valence-electron chi connectivity index (χ2n) is 4.36. The van der Waals surface area contributed by atoms with Gasteiger partial charge >= 0.3 is 5.97 Å². The summed E-state index contributed by atoms with van der Waals surface area (Å²) in [6.45, 7) is 2.05. The molecule has 2 N–H and O–H groups in total. The average Bonchev–Trinajstić information content (AvgIpc) is 2.96. The molecule has 1 unspecified atom stereocenters. The molecule has 0 aromatic carbocycles. The molecule has 1 atom stereocenters. The molecule has 1 aliphatic heterocycles. The lowest BCUT2D eigenvalue weighted by molar-refractivity contribution is -0.121. The van der Waals surface area contributed by atoms with Gasteiger partial charge in [-0.1, -0.05) is 0 Å². The Bertz CT molecular complexity index is 435. The Hall–Kier alpha value is -1.82. The van der Waals surface area contributed by atoms with Gasteiger partial charge in [-0.25, -0.2) is 4.79 Å². The van der Waals surface area contributed by atoms with E-state index in [1.165, 1.54) is 10.6 Å². The molecule has 0 bridgehead atoms. The van der Waals surface area contributed by atoms with Crippen LogP contribution in [-0.2, 0) is 16.1 Å². The largest absolute Gasteiger partial charge is 0.477 e. The van der Waals surface area contributed by atoms with Crippen LogP contribution < -0.4 is 5.32 Å². The SMILES string of the molecule is O=C(Cn1cccc1C(=O)O)NCC1CCOC1. The molecular weight excluding hydrogens is 236 g/mol. The molecule has 1 aromatic heterocycles. The summed E-state index contributed by atoms with van der Waals surface area (Å²) in [7, 11) is 0. The van der Waals surface area contributed by atoms with E-state index in [1.807, 2.05) is 0 Å². The maximum atomic E-state index is 11.7. The van der Waals surface area contributed by atoms with E-state index in [-0.39, 0.29) is 18.1 Å². The first kappa shape index (κ1) is 12.6. The van der Waals surface area contributed by atoms with E-state index in [9.17, 15) is 9.59 Å². The highest BCUT2D eigenvalue weighted by molar-refractivity contribution is 5.86. The van der Waals surface area contributed by atoms with Gasteiger partial charge in [-0.2, -0.15) is 0 Å². The van der Waals surface area contributed by atoms with E-state index in [0.717, 1.165) is 13.0 Å². The van der Waals surface area contributed by atoms with Crippen molar-refractivity contribution >= 4 is 11.9 Å². The van der Waals surface area contributed by atoms with Crippen molar-refractivity contribution in [2.45, 2.75) is 13.0 Å². The summed E-state index contributed by atoms with van der Waals surface area (Å²) >= 11 is 0. The van der Waals surface area contributed by atoms with Crippen LogP contribution in [0.4, 0.5) is 0 Å². The molecule has 0 spiro atoms. The van der Waals surface area contributed by atoms with Gasteiger partial charge in [0.25, 0.3) is 0 Å². The fourth-order valence-electron chi connectivity index (χ4n) is 1.96. The van der Waals surface area contributed by atoms with Crippen LogP contribution in [0, 0.1) is 5.92 Å². The van der Waals surface area contributed by atoms with Crippen LogP contribution in [0.25, 0.3) is 0 Å². The van der Waals surface area contributed by atoms with Crippen molar-refractivity contribution in [2.75, 3.05) is 19.8 Å². The Labute approximate surface area is 105 Å². The number of nitrogens with zero attached hydrogens (tertiary/aromatic N) is 1. The van der Waals surface area contributed by atoms with E-state index in [4.69, 9.17) is 9.84 Å². The molecule has 1 aliphatic rings. The van der Waals surface area contributed by atoms with E-state index in [2.05, 4.69) is 5.32 Å². The molecule has 0 aliphatic carbocycles. The minimum Gasteiger partial charge on any atom is -0.477 e. The molecule has 0 radical (unpaired) electrons. The molecule has 2 rings (SSSR count). The number of aromatic nitrogens is 1. The Kier molecular flexibility index (Phi) is 3.99. The summed E-state index contributed by atoms with van der Waals surface area (Å²) in [5, 5.41) is 11.7. The van der Waals surface area contributed by atoms with Crippen LogP contribution in [0.3, 0.4) is 0 Å². The number of ether oxygens (including phenoxy) is 1. The van der Waals surface area contributed by atoms with E-state index in [0.29, 0.717) is 19.1 Å². The van der Waals surface area contributed by atoms with Crippen molar-refractivity contribution in [3.8, 4) is 0 Å². The minimum atomic E-state index is -1.03. The van der Waals surface area contributed by atoms with Crippen molar-refractivity contribution in [3.63, 3.8) is 0 Å². The Morgan fingerprint density at radius 3 is 3.06 bits per heavy atom. The molecule has 1 amide bonds. The minimum absolute atomic E-state index is 0.0300.